The van der Waals surface area contributed by atoms with Crippen LogP contribution in [0.15, 0.2) is 29.2 Å². The van der Waals surface area contributed by atoms with Gasteiger partial charge in [0.25, 0.3) is 5.91 Å². The van der Waals surface area contributed by atoms with Crippen molar-refractivity contribution in [3.8, 4) is 0 Å². The van der Waals surface area contributed by atoms with Crippen LogP contribution in [0.5, 0.6) is 0 Å². The van der Waals surface area contributed by atoms with E-state index in [1.807, 2.05) is 6.92 Å². The Labute approximate surface area is 150 Å². The Bertz CT molecular complexity index is 666. The van der Waals surface area contributed by atoms with Crippen molar-refractivity contribution in [3.05, 3.63) is 29.8 Å². The molecule has 1 aromatic carbocycles. The Morgan fingerprint density at radius 2 is 1.71 bits per heavy atom. The maximum atomic E-state index is 12.8. The van der Waals surface area contributed by atoms with Crippen molar-refractivity contribution in [3.63, 3.8) is 0 Å². The maximum absolute atomic E-state index is 12.8. The third-order valence-corrected chi connectivity index (χ3v) is 6.83. The second kappa shape index (κ2) is 8.32. The number of benzene rings is 1. The van der Waals surface area contributed by atoms with Crippen molar-refractivity contribution >= 4 is 28.2 Å². The van der Waals surface area contributed by atoms with Gasteiger partial charge in [0, 0.05) is 19.1 Å². The molecule has 0 saturated carbocycles. The van der Waals surface area contributed by atoms with Crippen LogP contribution < -0.4 is 5.73 Å². The Kier molecular flexibility index (Phi) is 7.25. The molecule has 1 fully saturated rings. The van der Waals surface area contributed by atoms with E-state index in [9.17, 15) is 13.2 Å². The minimum absolute atomic E-state index is 0. The minimum atomic E-state index is -3.48. The highest BCUT2D eigenvalue weighted by molar-refractivity contribution is 7.92. The van der Waals surface area contributed by atoms with Crippen LogP contribution in [0.2, 0.25) is 0 Å². The molecule has 0 aliphatic carbocycles. The highest BCUT2D eigenvalue weighted by atomic mass is 35.5. The van der Waals surface area contributed by atoms with Gasteiger partial charge >= 0.3 is 0 Å². The summed E-state index contributed by atoms with van der Waals surface area (Å²) in [6.07, 6.45) is 1.73. The molecule has 24 heavy (non-hydrogen) atoms. The van der Waals surface area contributed by atoms with Gasteiger partial charge in [0.1, 0.15) is 0 Å². The van der Waals surface area contributed by atoms with Crippen molar-refractivity contribution in [2.75, 3.05) is 13.1 Å². The van der Waals surface area contributed by atoms with Crippen LogP contribution in [-0.2, 0) is 9.84 Å². The fourth-order valence-electron chi connectivity index (χ4n) is 2.94. The van der Waals surface area contributed by atoms with Crippen molar-refractivity contribution < 1.29 is 13.2 Å². The number of halogens is 1. The zero-order valence-corrected chi connectivity index (χ0v) is 16.1. The quantitative estimate of drug-likeness (QED) is 0.877. The number of sulfone groups is 1. The topological polar surface area (TPSA) is 80.5 Å². The number of piperidine rings is 1. The van der Waals surface area contributed by atoms with Crippen molar-refractivity contribution in [1.82, 2.24) is 4.90 Å². The molecule has 0 bridgehead atoms. The van der Waals surface area contributed by atoms with E-state index in [2.05, 4.69) is 0 Å². The summed E-state index contributed by atoms with van der Waals surface area (Å²) in [7, 11) is -3.48. The van der Waals surface area contributed by atoms with E-state index in [1.54, 1.807) is 36.9 Å². The van der Waals surface area contributed by atoms with Gasteiger partial charge in [-0.15, -0.1) is 12.4 Å². The van der Waals surface area contributed by atoms with Crippen molar-refractivity contribution in [1.29, 1.82) is 0 Å². The largest absolute Gasteiger partial charge is 0.339 e. The number of carbonyl (C=O) groups excluding carboxylic acids is 1. The van der Waals surface area contributed by atoms with Gasteiger partial charge in [0.15, 0.2) is 9.84 Å². The number of hydrogen-bond donors (Lipinski definition) is 1. The highest BCUT2D eigenvalue weighted by Crippen LogP contribution is 2.25. The van der Waals surface area contributed by atoms with Gasteiger partial charge in [-0.05, 0) is 51.7 Å². The lowest BCUT2D eigenvalue weighted by molar-refractivity contribution is 0.0677. The molecule has 5 nitrogen and oxygen atoms in total. The molecule has 1 aromatic rings. The van der Waals surface area contributed by atoms with Crippen LogP contribution in [0.1, 0.15) is 44.0 Å². The maximum Gasteiger partial charge on any atom is 0.255 e. The number of carbonyl (C=O) groups is 1. The molecule has 2 N–H and O–H groups in total. The van der Waals surface area contributed by atoms with Crippen LogP contribution in [0.4, 0.5) is 0 Å². The molecule has 1 aliphatic heterocycles. The summed E-state index contributed by atoms with van der Waals surface area (Å²) in [6, 6.07) is 6.63. The summed E-state index contributed by atoms with van der Waals surface area (Å²) in [4.78, 5) is 14.7. The van der Waals surface area contributed by atoms with Gasteiger partial charge in [0.05, 0.1) is 15.7 Å². The molecular formula is C17H27ClN2O3S. The van der Waals surface area contributed by atoms with Crippen LogP contribution >= 0.6 is 12.4 Å². The minimum Gasteiger partial charge on any atom is -0.339 e. The summed E-state index contributed by atoms with van der Waals surface area (Å²) >= 11 is 0. The SMILES string of the molecule is CC(N)C1CCN(C(=O)c2ccccc2S(=O)(=O)C(C)C)CC1.Cl. The average molecular weight is 375 g/mol. The summed E-state index contributed by atoms with van der Waals surface area (Å²) in [5.41, 5.74) is 6.21. The van der Waals surface area contributed by atoms with Gasteiger partial charge in [-0.1, -0.05) is 12.1 Å². The third kappa shape index (κ3) is 4.29. The number of amides is 1. The molecule has 1 saturated heterocycles. The standard InChI is InChI=1S/C17H26N2O3S.ClH/c1-12(2)23(21,22)16-7-5-4-6-15(16)17(20)19-10-8-14(9-11-19)13(3)18;/h4-7,12-14H,8-11,18H2,1-3H3;1H. The molecule has 136 valence electrons. The van der Waals surface area contributed by atoms with E-state index in [0.29, 0.717) is 19.0 Å². The molecule has 2 rings (SSSR count). The zero-order chi connectivity index (χ0) is 17.2. The second-order valence-electron chi connectivity index (χ2n) is 6.58. The molecule has 1 atom stereocenters. The molecule has 1 unspecified atom stereocenters. The van der Waals surface area contributed by atoms with Crippen molar-refractivity contribution in [2.45, 2.75) is 49.8 Å². The Balaban J connectivity index is 0.00000288. The number of rotatable bonds is 4. The van der Waals surface area contributed by atoms with E-state index >= 15 is 0 Å². The summed E-state index contributed by atoms with van der Waals surface area (Å²) < 4.78 is 25.0. The molecule has 1 aliphatic rings. The highest BCUT2D eigenvalue weighted by Gasteiger charge is 2.30. The Hall–Kier alpha value is -1.11. The average Bonchev–Trinajstić information content (AvgIpc) is 2.54. The fraction of sp³-hybridized carbons (Fsp3) is 0.588. The first kappa shape index (κ1) is 20.9. The van der Waals surface area contributed by atoms with E-state index in [4.69, 9.17) is 5.73 Å². The van der Waals surface area contributed by atoms with E-state index in [1.165, 1.54) is 6.07 Å². The summed E-state index contributed by atoms with van der Waals surface area (Å²) in [6.45, 7) is 6.50. The Morgan fingerprint density at radius 1 is 1.17 bits per heavy atom. The third-order valence-electron chi connectivity index (χ3n) is 4.61. The monoisotopic (exact) mass is 374 g/mol. The molecule has 7 heteroatoms. The molecular weight excluding hydrogens is 348 g/mol. The first-order valence-corrected chi connectivity index (χ1v) is 9.67. The van der Waals surface area contributed by atoms with Gasteiger partial charge < -0.3 is 10.6 Å². The fourth-order valence-corrected chi connectivity index (χ4v) is 4.18. The lowest BCUT2D eigenvalue weighted by atomic mass is 9.90. The van der Waals surface area contributed by atoms with Crippen LogP contribution in [0.3, 0.4) is 0 Å². The molecule has 1 amide bonds. The zero-order valence-electron chi connectivity index (χ0n) is 14.4. The molecule has 0 radical (unpaired) electrons. The number of hydrogen-bond acceptors (Lipinski definition) is 4. The van der Waals surface area contributed by atoms with E-state index < -0.39 is 15.1 Å². The molecule has 0 aromatic heterocycles. The first-order chi connectivity index (χ1) is 10.7. The van der Waals surface area contributed by atoms with Gasteiger partial charge in [-0.2, -0.15) is 0 Å². The van der Waals surface area contributed by atoms with E-state index in [0.717, 1.165) is 12.8 Å². The molecule has 0 spiro atoms. The molecule has 1 heterocycles. The normalized spacial score (nSPS) is 17.5. The van der Waals surface area contributed by atoms with Crippen LogP contribution in [0, 0.1) is 5.92 Å². The summed E-state index contributed by atoms with van der Waals surface area (Å²) in [5.74, 6) is 0.224. The van der Waals surface area contributed by atoms with Gasteiger partial charge in [-0.25, -0.2) is 8.42 Å². The number of nitrogens with zero attached hydrogens (tertiary/aromatic N) is 1. The first-order valence-electron chi connectivity index (χ1n) is 8.13. The van der Waals surface area contributed by atoms with Crippen LogP contribution in [-0.4, -0.2) is 43.6 Å². The Morgan fingerprint density at radius 3 is 2.21 bits per heavy atom. The van der Waals surface area contributed by atoms with E-state index in [-0.39, 0.29) is 34.8 Å². The number of likely N-dealkylation sites (tertiary alicyclic amines) is 1. The van der Waals surface area contributed by atoms with Gasteiger partial charge in [-0.3, -0.25) is 4.79 Å². The second-order valence-corrected chi connectivity index (χ2v) is 9.05. The predicted octanol–water partition coefficient (Wildman–Crippen LogP) is 2.49. The lowest BCUT2D eigenvalue weighted by Gasteiger charge is -2.34. The van der Waals surface area contributed by atoms with Gasteiger partial charge in [0.2, 0.25) is 0 Å². The smallest absolute Gasteiger partial charge is 0.255 e. The number of nitrogens with two attached hydrogens (primary N) is 1. The predicted molar refractivity (Wildman–Crippen MR) is 98.3 cm³/mol. The summed E-state index contributed by atoms with van der Waals surface area (Å²) in [5, 5.41) is -0.555. The van der Waals surface area contributed by atoms with Crippen molar-refractivity contribution in [2.24, 2.45) is 11.7 Å². The van der Waals surface area contributed by atoms with Crippen LogP contribution in [0.25, 0.3) is 0 Å². The lowest BCUT2D eigenvalue weighted by Crippen LogP contribution is -2.43.